The van der Waals surface area contributed by atoms with Crippen molar-refractivity contribution < 1.29 is 18.7 Å². The van der Waals surface area contributed by atoms with Gasteiger partial charge in [0.15, 0.2) is 0 Å². The van der Waals surface area contributed by atoms with Gasteiger partial charge in [0.2, 0.25) is 0 Å². The van der Waals surface area contributed by atoms with Crippen LogP contribution < -0.4 is 5.32 Å². The van der Waals surface area contributed by atoms with Gasteiger partial charge >= 0.3 is 5.97 Å². The monoisotopic (exact) mass is 315 g/mol. The number of hydrogen-bond acceptors (Lipinski definition) is 3. The van der Waals surface area contributed by atoms with Crippen molar-refractivity contribution in [2.45, 2.75) is 18.9 Å². The minimum Gasteiger partial charge on any atom is -0.467 e. The summed E-state index contributed by atoms with van der Waals surface area (Å²) in [4.78, 5) is 24.0. The Bertz CT molecular complexity index is 673. The van der Waals surface area contributed by atoms with Crippen molar-refractivity contribution in [1.82, 2.24) is 5.32 Å². The summed E-state index contributed by atoms with van der Waals surface area (Å²) >= 11 is 0. The molecule has 23 heavy (non-hydrogen) atoms. The molecule has 0 aromatic heterocycles. The lowest BCUT2D eigenvalue weighted by atomic mass is 10.0. The normalized spacial score (nSPS) is 11.6. The van der Waals surface area contributed by atoms with Crippen LogP contribution in [0.4, 0.5) is 4.39 Å². The van der Waals surface area contributed by atoms with Crippen LogP contribution in [0.1, 0.15) is 22.3 Å². The molecule has 1 atom stereocenters. The van der Waals surface area contributed by atoms with Crippen LogP contribution >= 0.6 is 0 Å². The van der Waals surface area contributed by atoms with Gasteiger partial charge in [0.1, 0.15) is 11.9 Å². The van der Waals surface area contributed by atoms with E-state index in [0.29, 0.717) is 12.8 Å². The molecule has 0 radical (unpaired) electrons. The maximum absolute atomic E-state index is 13.2. The molecule has 0 fully saturated rings. The number of amides is 1. The summed E-state index contributed by atoms with van der Waals surface area (Å²) < 4.78 is 17.9. The zero-order valence-electron chi connectivity index (χ0n) is 12.8. The van der Waals surface area contributed by atoms with Gasteiger partial charge < -0.3 is 10.1 Å². The third kappa shape index (κ3) is 4.92. The summed E-state index contributed by atoms with van der Waals surface area (Å²) in [5, 5.41) is 2.60. The highest BCUT2D eigenvalue weighted by Gasteiger charge is 2.22. The fraction of sp³-hybridized carbons (Fsp3) is 0.222. The van der Waals surface area contributed by atoms with Gasteiger partial charge in [0, 0.05) is 5.56 Å². The van der Waals surface area contributed by atoms with Gasteiger partial charge in [-0.3, -0.25) is 4.79 Å². The molecule has 2 aromatic carbocycles. The quantitative estimate of drug-likeness (QED) is 0.834. The Morgan fingerprint density at radius 1 is 1.13 bits per heavy atom. The van der Waals surface area contributed by atoms with Gasteiger partial charge in [-0.05, 0) is 36.6 Å². The van der Waals surface area contributed by atoms with Crippen LogP contribution in [0.3, 0.4) is 0 Å². The van der Waals surface area contributed by atoms with Crippen molar-refractivity contribution in [3.63, 3.8) is 0 Å². The zero-order valence-corrected chi connectivity index (χ0v) is 12.8. The molecule has 0 unspecified atom stereocenters. The maximum Gasteiger partial charge on any atom is 0.328 e. The molecule has 0 saturated carbocycles. The fourth-order valence-corrected chi connectivity index (χ4v) is 2.22. The predicted octanol–water partition coefficient (Wildman–Crippen LogP) is 2.73. The van der Waals surface area contributed by atoms with Crippen LogP contribution in [0.25, 0.3) is 0 Å². The van der Waals surface area contributed by atoms with Crippen LogP contribution in [0.2, 0.25) is 0 Å². The molecule has 0 bridgehead atoms. The molecule has 1 amide bonds. The zero-order chi connectivity index (χ0) is 16.7. The summed E-state index contributed by atoms with van der Waals surface area (Å²) in [6, 6.07) is 14.2. The predicted molar refractivity (Wildman–Crippen MR) is 84.4 cm³/mol. The first-order valence-corrected chi connectivity index (χ1v) is 7.28. The van der Waals surface area contributed by atoms with E-state index in [1.165, 1.54) is 25.3 Å². The number of rotatable bonds is 6. The minimum absolute atomic E-state index is 0.165. The average molecular weight is 315 g/mol. The highest BCUT2D eigenvalue weighted by Crippen LogP contribution is 2.08. The molecule has 0 aliphatic rings. The lowest BCUT2D eigenvalue weighted by Gasteiger charge is -2.16. The number of methoxy groups -OCH3 is 1. The first-order chi connectivity index (χ1) is 11.1. The number of aryl methyl sites for hydroxylation is 1. The lowest BCUT2D eigenvalue weighted by Crippen LogP contribution is -2.41. The molecule has 0 heterocycles. The van der Waals surface area contributed by atoms with Crippen molar-refractivity contribution in [1.29, 1.82) is 0 Å². The van der Waals surface area contributed by atoms with E-state index in [1.807, 2.05) is 30.3 Å². The van der Waals surface area contributed by atoms with E-state index < -0.39 is 23.7 Å². The average Bonchev–Trinajstić information content (AvgIpc) is 2.58. The third-order valence-electron chi connectivity index (χ3n) is 3.44. The highest BCUT2D eigenvalue weighted by atomic mass is 19.1. The molecule has 5 heteroatoms. The van der Waals surface area contributed by atoms with Crippen molar-refractivity contribution >= 4 is 11.9 Å². The molecule has 4 nitrogen and oxygen atoms in total. The number of benzene rings is 2. The fourth-order valence-electron chi connectivity index (χ4n) is 2.22. The van der Waals surface area contributed by atoms with Crippen molar-refractivity contribution in [3.05, 3.63) is 71.5 Å². The summed E-state index contributed by atoms with van der Waals surface area (Å²) in [7, 11) is 1.27. The lowest BCUT2D eigenvalue weighted by molar-refractivity contribution is -0.143. The number of esters is 1. The number of hydrogen-bond donors (Lipinski definition) is 1. The summed E-state index contributed by atoms with van der Waals surface area (Å²) in [5.74, 6) is -1.53. The van der Waals surface area contributed by atoms with Gasteiger partial charge in [-0.25, -0.2) is 9.18 Å². The second-order valence-electron chi connectivity index (χ2n) is 5.08. The smallest absolute Gasteiger partial charge is 0.328 e. The van der Waals surface area contributed by atoms with Crippen LogP contribution in [-0.4, -0.2) is 25.0 Å². The standard InChI is InChI=1S/C18H18FNO3/c1-23-18(22)16(11-10-13-6-3-2-4-7-13)20-17(21)14-8-5-9-15(19)12-14/h2-9,12,16H,10-11H2,1H3,(H,20,21)/t16-/m0/s1. The van der Waals surface area contributed by atoms with E-state index in [4.69, 9.17) is 4.74 Å². The summed E-state index contributed by atoms with van der Waals surface area (Å²) in [6.07, 6.45) is 1.02. The molecule has 0 aliphatic carbocycles. The Kier molecular flexibility index (Phi) is 5.86. The molecule has 0 aliphatic heterocycles. The van der Waals surface area contributed by atoms with Crippen molar-refractivity contribution in [2.75, 3.05) is 7.11 Å². The van der Waals surface area contributed by atoms with Gasteiger partial charge in [0.25, 0.3) is 5.91 Å². The van der Waals surface area contributed by atoms with E-state index in [1.54, 1.807) is 0 Å². The van der Waals surface area contributed by atoms with E-state index in [9.17, 15) is 14.0 Å². The summed E-state index contributed by atoms with van der Waals surface area (Å²) in [6.45, 7) is 0. The Morgan fingerprint density at radius 3 is 2.52 bits per heavy atom. The maximum atomic E-state index is 13.2. The number of ether oxygens (including phenoxy) is 1. The third-order valence-corrected chi connectivity index (χ3v) is 3.44. The van der Waals surface area contributed by atoms with Gasteiger partial charge in [0.05, 0.1) is 7.11 Å². The van der Waals surface area contributed by atoms with Crippen molar-refractivity contribution in [3.8, 4) is 0 Å². The molecule has 2 rings (SSSR count). The van der Waals surface area contributed by atoms with Crippen LogP contribution in [0.15, 0.2) is 54.6 Å². The molecule has 0 spiro atoms. The SMILES string of the molecule is COC(=O)[C@H](CCc1ccccc1)NC(=O)c1cccc(F)c1. The number of halogens is 1. The van der Waals surface area contributed by atoms with Gasteiger partial charge in [-0.2, -0.15) is 0 Å². The van der Waals surface area contributed by atoms with Crippen molar-refractivity contribution in [2.24, 2.45) is 0 Å². The minimum atomic E-state index is -0.782. The van der Waals surface area contributed by atoms with E-state index in [2.05, 4.69) is 5.32 Å². The van der Waals surface area contributed by atoms with Crippen LogP contribution in [-0.2, 0) is 16.0 Å². The van der Waals surface area contributed by atoms with E-state index in [-0.39, 0.29) is 5.56 Å². The molecule has 0 saturated heterocycles. The van der Waals surface area contributed by atoms with E-state index in [0.717, 1.165) is 11.6 Å². The molecule has 1 N–H and O–H groups in total. The topological polar surface area (TPSA) is 55.4 Å². The molecule has 2 aromatic rings. The van der Waals surface area contributed by atoms with E-state index >= 15 is 0 Å². The molecule has 120 valence electrons. The first kappa shape index (κ1) is 16.7. The molecular weight excluding hydrogens is 297 g/mol. The molecular formula is C18H18FNO3. The Labute approximate surface area is 134 Å². The largest absolute Gasteiger partial charge is 0.467 e. The Balaban J connectivity index is 2.03. The summed E-state index contributed by atoms with van der Waals surface area (Å²) in [5.41, 5.74) is 1.22. The number of carbonyl (C=O) groups excluding carboxylic acids is 2. The highest BCUT2D eigenvalue weighted by molar-refractivity contribution is 5.96. The second kappa shape index (κ2) is 8.08. The van der Waals surface area contributed by atoms with Crippen LogP contribution in [0.5, 0.6) is 0 Å². The second-order valence-corrected chi connectivity index (χ2v) is 5.08. The Hall–Kier alpha value is -2.69. The van der Waals surface area contributed by atoms with Gasteiger partial charge in [-0.15, -0.1) is 0 Å². The Morgan fingerprint density at radius 2 is 1.87 bits per heavy atom. The van der Waals surface area contributed by atoms with Gasteiger partial charge in [-0.1, -0.05) is 36.4 Å². The number of carbonyl (C=O) groups is 2. The first-order valence-electron chi connectivity index (χ1n) is 7.28. The van der Waals surface area contributed by atoms with Crippen LogP contribution in [0, 0.1) is 5.82 Å². The number of nitrogens with one attached hydrogen (secondary N) is 1.